The summed E-state index contributed by atoms with van der Waals surface area (Å²) in [5.41, 5.74) is 0. The van der Waals surface area contributed by atoms with Gasteiger partial charge in [-0.25, -0.2) is 0 Å². The minimum absolute atomic E-state index is 2.91. The van der Waals surface area contributed by atoms with E-state index >= 15 is 0 Å². The van der Waals surface area contributed by atoms with Crippen molar-refractivity contribution in [1.29, 1.82) is 0 Å². The molecule has 0 amide bonds. The van der Waals surface area contributed by atoms with Crippen LogP contribution in [0, 0.1) is 0 Å². The van der Waals surface area contributed by atoms with Crippen molar-refractivity contribution in [2.45, 2.75) is 12.4 Å². The molecule has 0 aromatic rings. The van der Waals surface area contributed by atoms with Gasteiger partial charge in [0.2, 0.25) is 11.7 Å². The number of halogens is 12. The standard InChI is InChI=1S/C4F8.C2F4/c5-1(3(7,8)9)2(6)4(10,11)12;3-1(4)2(5)6. The molecule has 0 heterocycles. The number of alkyl halides is 6. The van der Waals surface area contributed by atoms with Gasteiger partial charge in [-0.3, -0.25) is 0 Å². The van der Waals surface area contributed by atoms with Crippen molar-refractivity contribution < 1.29 is 52.7 Å². The summed E-state index contributed by atoms with van der Waals surface area (Å²) in [5.74, 6) is -7.54. The van der Waals surface area contributed by atoms with Crippen LogP contribution >= 0.6 is 0 Å². The Morgan fingerprint density at radius 3 is 0.667 bits per heavy atom. The molecule has 0 aromatic carbocycles. The van der Waals surface area contributed by atoms with E-state index in [2.05, 4.69) is 0 Å². The highest BCUT2D eigenvalue weighted by molar-refractivity contribution is 5.10. The first kappa shape index (κ1) is 19.0. The van der Waals surface area contributed by atoms with E-state index in [1.165, 1.54) is 0 Å². The Balaban J connectivity index is 0. The van der Waals surface area contributed by atoms with E-state index in [1.807, 2.05) is 0 Å². The third-order valence-corrected chi connectivity index (χ3v) is 0.833. The molecule has 0 bridgehead atoms. The van der Waals surface area contributed by atoms with Gasteiger partial charge in [-0.15, -0.1) is 0 Å². The smallest absolute Gasteiger partial charge is 0.198 e. The SMILES string of the molecule is FC(=C(F)C(F)(F)F)C(F)(F)F.FC(F)=C(F)F. The summed E-state index contributed by atoms with van der Waals surface area (Å²) in [4.78, 5) is 0. The molecule has 0 aliphatic carbocycles. The fraction of sp³-hybridized carbons (Fsp3) is 0.333. The summed E-state index contributed by atoms with van der Waals surface area (Å²) in [6.07, 6.45) is -17.7. The molecule has 18 heavy (non-hydrogen) atoms. The Hall–Kier alpha value is -1.36. The maximum Gasteiger partial charge on any atom is 0.445 e. The summed E-state index contributed by atoms with van der Waals surface area (Å²) in [6, 6.07) is 0. The van der Waals surface area contributed by atoms with Crippen molar-refractivity contribution in [2.24, 2.45) is 0 Å². The lowest BCUT2D eigenvalue weighted by molar-refractivity contribution is -0.139. The summed E-state index contributed by atoms with van der Waals surface area (Å²) in [7, 11) is 0. The van der Waals surface area contributed by atoms with Gasteiger partial charge in [0.05, 0.1) is 0 Å². The molecule has 0 aromatic heterocycles. The highest BCUT2D eigenvalue weighted by Crippen LogP contribution is 2.37. The molecule has 0 aliphatic heterocycles. The molecule has 0 nitrogen and oxygen atoms in total. The Kier molecular flexibility index (Phi) is 6.90. The number of rotatable bonds is 0. The molecule has 0 rings (SSSR count). The highest BCUT2D eigenvalue weighted by Gasteiger charge is 2.47. The number of hydrogen-bond donors (Lipinski definition) is 0. The summed E-state index contributed by atoms with van der Waals surface area (Å²) in [5, 5.41) is 0. The molecule has 0 N–H and O–H groups in total. The molecule has 0 atom stereocenters. The van der Waals surface area contributed by atoms with Crippen LogP contribution in [0.1, 0.15) is 0 Å². The molecule has 0 aliphatic rings. The van der Waals surface area contributed by atoms with Gasteiger partial charge < -0.3 is 0 Å². The second kappa shape index (κ2) is 6.54. The molecule has 108 valence electrons. The van der Waals surface area contributed by atoms with Crippen molar-refractivity contribution in [3.63, 3.8) is 0 Å². The fourth-order valence-electron chi connectivity index (χ4n) is 0.249. The second-order valence-electron chi connectivity index (χ2n) is 2.14. The van der Waals surface area contributed by atoms with E-state index < -0.39 is 36.2 Å². The Bertz CT molecular complexity index is 287. The van der Waals surface area contributed by atoms with Crippen molar-refractivity contribution in [2.75, 3.05) is 0 Å². The fourth-order valence-corrected chi connectivity index (χ4v) is 0.249. The average Bonchev–Trinajstić information content (AvgIpc) is 2.13. The Morgan fingerprint density at radius 1 is 0.444 bits per heavy atom. The predicted molar refractivity (Wildman–Crippen MR) is 32.8 cm³/mol. The van der Waals surface area contributed by atoms with Gasteiger partial charge in [0.15, 0.2) is 0 Å². The van der Waals surface area contributed by atoms with E-state index in [0.29, 0.717) is 0 Å². The van der Waals surface area contributed by atoms with Crippen LogP contribution in [0.15, 0.2) is 23.8 Å². The van der Waals surface area contributed by atoms with E-state index in [1.54, 1.807) is 0 Å². The second-order valence-corrected chi connectivity index (χ2v) is 2.14. The van der Waals surface area contributed by atoms with Gasteiger partial charge in [-0.05, 0) is 0 Å². The van der Waals surface area contributed by atoms with Crippen molar-refractivity contribution in [3.05, 3.63) is 23.8 Å². The maximum atomic E-state index is 11.5. The lowest BCUT2D eigenvalue weighted by Crippen LogP contribution is -2.17. The first-order chi connectivity index (χ1) is 7.71. The van der Waals surface area contributed by atoms with Crippen LogP contribution in [-0.2, 0) is 0 Å². The van der Waals surface area contributed by atoms with E-state index in [4.69, 9.17) is 0 Å². The average molecular weight is 300 g/mol. The molecule has 0 fully saturated rings. The van der Waals surface area contributed by atoms with Crippen molar-refractivity contribution in [3.8, 4) is 0 Å². The quantitative estimate of drug-likeness (QED) is 0.536. The molecule has 0 spiro atoms. The first-order valence-electron chi connectivity index (χ1n) is 3.27. The van der Waals surface area contributed by atoms with Crippen LogP contribution in [-0.4, -0.2) is 12.4 Å². The summed E-state index contributed by atoms with van der Waals surface area (Å²) >= 11 is 0. The van der Waals surface area contributed by atoms with Crippen LogP contribution in [0.2, 0.25) is 0 Å². The van der Waals surface area contributed by atoms with Crippen molar-refractivity contribution in [1.82, 2.24) is 0 Å². The van der Waals surface area contributed by atoms with Gasteiger partial charge >= 0.3 is 24.5 Å². The van der Waals surface area contributed by atoms with Crippen LogP contribution in [0.3, 0.4) is 0 Å². The van der Waals surface area contributed by atoms with Gasteiger partial charge in [-0.1, -0.05) is 0 Å². The molecule has 0 saturated heterocycles. The zero-order valence-electron chi connectivity index (χ0n) is 7.54. The topological polar surface area (TPSA) is 0 Å². The minimum Gasteiger partial charge on any atom is -0.198 e. The number of allylic oxidation sites excluding steroid dienone is 2. The predicted octanol–water partition coefficient (Wildman–Crippen LogP) is 5.25. The molecule has 12 heteroatoms. The Morgan fingerprint density at radius 2 is 0.611 bits per heavy atom. The molecule has 0 unspecified atom stereocenters. The van der Waals surface area contributed by atoms with Crippen LogP contribution in [0.5, 0.6) is 0 Å². The lowest BCUT2D eigenvalue weighted by atomic mass is 10.4. The molecule has 0 saturated carbocycles. The third-order valence-electron chi connectivity index (χ3n) is 0.833. The highest BCUT2D eigenvalue weighted by atomic mass is 19.4. The van der Waals surface area contributed by atoms with E-state index in [0.717, 1.165) is 0 Å². The monoisotopic (exact) mass is 300 g/mol. The normalized spacial score (nSPS) is 13.3. The zero-order valence-corrected chi connectivity index (χ0v) is 7.54. The maximum absolute atomic E-state index is 11.5. The zero-order chi connectivity index (χ0) is 15.3. The molecular weight excluding hydrogens is 300 g/mol. The molecular formula is C6F12. The summed E-state index contributed by atoms with van der Waals surface area (Å²) in [6.45, 7) is 0. The van der Waals surface area contributed by atoms with Crippen LogP contribution in [0.25, 0.3) is 0 Å². The van der Waals surface area contributed by atoms with Gasteiger partial charge in [0.25, 0.3) is 0 Å². The molecule has 0 radical (unpaired) electrons. The van der Waals surface area contributed by atoms with Gasteiger partial charge in [0, 0.05) is 0 Å². The van der Waals surface area contributed by atoms with Crippen LogP contribution < -0.4 is 0 Å². The van der Waals surface area contributed by atoms with E-state index in [9.17, 15) is 52.7 Å². The van der Waals surface area contributed by atoms with Gasteiger partial charge in [0.1, 0.15) is 0 Å². The number of hydrogen-bond acceptors (Lipinski definition) is 0. The van der Waals surface area contributed by atoms with Crippen LogP contribution in [0.4, 0.5) is 52.7 Å². The summed E-state index contributed by atoms with van der Waals surface area (Å²) < 4.78 is 130. The van der Waals surface area contributed by atoms with E-state index in [-0.39, 0.29) is 0 Å². The van der Waals surface area contributed by atoms with Crippen molar-refractivity contribution >= 4 is 0 Å². The first-order valence-corrected chi connectivity index (χ1v) is 3.27. The third kappa shape index (κ3) is 7.84. The largest absolute Gasteiger partial charge is 0.445 e. The van der Waals surface area contributed by atoms with Gasteiger partial charge in [-0.2, -0.15) is 52.7 Å². The minimum atomic E-state index is -5.94. The Labute approximate surface area is 90.2 Å². The lowest BCUT2D eigenvalue weighted by Gasteiger charge is -2.07.